The zero-order chi connectivity index (χ0) is 25.3. The Bertz CT molecular complexity index is 1700. The minimum Gasteiger partial charge on any atom is -0.200 e. The molecule has 0 saturated heterocycles. The molecule has 1 saturated carbocycles. The molecule has 0 N–H and O–H groups in total. The van der Waals surface area contributed by atoms with Crippen LogP contribution in [-0.4, -0.2) is 0 Å². The largest absolute Gasteiger partial charge is 0.222 e. The van der Waals surface area contributed by atoms with Crippen LogP contribution in [0.15, 0.2) is 70.6 Å². The third-order valence-corrected chi connectivity index (χ3v) is 10.1. The number of aryl methyl sites for hydroxylation is 2. The van der Waals surface area contributed by atoms with Crippen molar-refractivity contribution >= 4 is 44.1 Å². The summed E-state index contributed by atoms with van der Waals surface area (Å²) in [5.41, 5.74) is 7.31. The Balaban J connectivity index is 1.55. The van der Waals surface area contributed by atoms with Gasteiger partial charge in [0.1, 0.15) is 7.05 Å². The van der Waals surface area contributed by atoms with Crippen LogP contribution in [0.2, 0.25) is 0 Å². The topological polar surface area (TPSA) is 3.88 Å². The number of hydrogen-bond donors (Lipinski definition) is 0. The van der Waals surface area contributed by atoms with Gasteiger partial charge in [-0.15, -0.1) is 0 Å². The van der Waals surface area contributed by atoms with E-state index >= 15 is 0 Å². The molecule has 1 aliphatic heterocycles. The number of pyridine rings is 1. The molecule has 1 aromatic heterocycles. The van der Waals surface area contributed by atoms with Crippen LogP contribution in [0, 0.1) is 12.8 Å². The first kappa shape index (κ1) is 23.3. The number of benzene rings is 4. The Kier molecular flexibility index (Phi) is 5.59. The highest BCUT2D eigenvalue weighted by Crippen LogP contribution is 2.53. The van der Waals surface area contributed by atoms with Gasteiger partial charge in [-0.2, -0.15) is 0 Å². The molecule has 4 aromatic carbocycles. The first-order valence-corrected chi connectivity index (χ1v) is 14.9. The maximum absolute atomic E-state index is 2.53. The van der Waals surface area contributed by atoms with E-state index in [9.17, 15) is 0 Å². The fraction of sp³-hybridized carbons (Fsp3) is 0.343. The highest BCUT2D eigenvalue weighted by atomic mass is 32.2. The lowest BCUT2D eigenvalue weighted by molar-refractivity contribution is -0.659. The van der Waals surface area contributed by atoms with Crippen molar-refractivity contribution in [2.24, 2.45) is 13.0 Å². The molecular weight excluding hydrogens is 466 g/mol. The average Bonchev–Trinajstić information content (AvgIpc) is 2.92. The van der Waals surface area contributed by atoms with Gasteiger partial charge < -0.3 is 0 Å². The summed E-state index contributed by atoms with van der Waals surface area (Å²) in [5, 5.41) is 8.47. The van der Waals surface area contributed by atoms with Crippen molar-refractivity contribution in [1.29, 1.82) is 0 Å². The maximum Gasteiger partial charge on any atom is 0.222 e. The van der Waals surface area contributed by atoms with Crippen molar-refractivity contribution in [3.8, 4) is 11.3 Å². The van der Waals surface area contributed by atoms with Crippen molar-refractivity contribution in [1.82, 2.24) is 0 Å². The van der Waals surface area contributed by atoms with Crippen molar-refractivity contribution in [2.45, 2.75) is 75.0 Å². The smallest absolute Gasteiger partial charge is 0.200 e. The summed E-state index contributed by atoms with van der Waals surface area (Å²) in [6.45, 7) is 7.04. The summed E-state index contributed by atoms with van der Waals surface area (Å²) >= 11 is 2.02. The molecule has 0 amide bonds. The van der Waals surface area contributed by atoms with Gasteiger partial charge in [0.2, 0.25) is 5.69 Å². The van der Waals surface area contributed by atoms with Crippen LogP contribution >= 0.6 is 11.8 Å². The third-order valence-electron chi connectivity index (χ3n) is 8.89. The van der Waals surface area contributed by atoms with Crippen LogP contribution < -0.4 is 4.57 Å². The van der Waals surface area contributed by atoms with E-state index in [-0.39, 0.29) is 0 Å². The number of hydrogen-bond acceptors (Lipinski definition) is 1. The Labute approximate surface area is 224 Å². The van der Waals surface area contributed by atoms with E-state index < -0.39 is 0 Å². The van der Waals surface area contributed by atoms with Gasteiger partial charge >= 0.3 is 0 Å². The molecule has 1 aliphatic carbocycles. The quantitative estimate of drug-likeness (QED) is 0.172. The molecule has 2 heteroatoms. The van der Waals surface area contributed by atoms with E-state index in [1.165, 1.54) is 96.6 Å². The molecule has 186 valence electrons. The first-order valence-electron chi connectivity index (χ1n) is 14.1. The lowest BCUT2D eigenvalue weighted by Gasteiger charge is -2.26. The fourth-order valence-electron chi connectivity index (χ4n) is 7.11. The molecule has 2 aliphatic rings. The Morgan fingerprint density at radius 2 is 1.68 bits per heavy atom. The molecule has 0 unspecified atom stereocenters. The number of nitrogens with zero attached hydrogens (tertiary/aromatic N) is 1. The molecule has 0 bridgehead atoms. The highest BCUT2D eigenvalue weighted by molar-refractivity contribution is 8.00. The summed E-state index contributed by atoms with van der Waals surface area (Å²) in [7, 11) is 2.23. The number of rotatable bonds is 3. The van der Waals surface area contributed by atoms with E-state index in [0.29, 0.717) is 5.92 Å². The molecule has 5 aromatic rings. The summed E-state index contributed by atoms with van der Waals surface area (Å²) in [4.78, 5) is 2.88. The van der Waals surface area contributed by atoms with Gasteiger partial charge in [0.25, 0.3) is 0 Å². The second-order valence-corrected chi connectivity index (χ2v) is 12.9. The molecular formula is C35H36NS+. The highest BCUT2D eigenvalue weighted by Gasteiger charge is 2.32. The monoisotopic (exact) mass is 502 g/mol. The minimum absolute atomic E-state index is 0.608. The number of fused-ring (bicyclic) bond motifs is 5. The zero-order valence-corrected chi connectivity index (χ0v) is 23.3. The molecule has 37 heavy (non-hydrogen) atoms. The first-order chi connectivity index (χ1) is 18.0. The van der Waals surface area contributed by atoms with Gasteiger partial charge in [-0.3, -0.25) is 0 Å². The van der Waals surface area contributed by atoms with Crippen molar-refractivity contribution in [3.05, 3.63) is 77.5 Å². The van der Waals surface area contributed by atoms with Gasteiger partial charge in [0.05, 0.1) is 10.9 Å². The average molecular weight is 503 g/mol. The Hall–Kier alpha value is -2.84. The molecule has 7 rings (SSSR count). The van der Waals surface area contributed by atoms with Crippen LogP contribution in [0.25, 0.3) is 43.6 Å². The van der Waals surface area contributed by atoms with Crippen LogP contribution in [-0.2, 0) is 13.5 Å². The fourth-order valence-corrected chi connectivity index (χ4v) is 8.49. The summed E-state index contributed by atoms with van der Waals surface area (Å²) < 4.78 is 2.38. The van der Waals surface area contributed by atoms with Gasteiger partial charge in [-0.1, -0.05) is 87.3 Å². The zero-order valence-electron chi connectivity index (χ0n) is 22.5. The SMILES string of the molecule is Cc1c2c(c(CC(C)C)c3ccccc13)Sc1cc3ccc(C4CCCCC4)cc3c3cc[n+](C)c-2c13. The molecule has 0 radical (unpaired) electrons. The van der Waals surface area contributed by atoms with Gasteiger partial charge in [0, 0.05) is 21.2 Å². The van der Waals surface area contributed by atoms with E-state index in [0.717, 1.165) is 12.3 Å². The van der Waals surface area contributed by atoms with E-state index in [1.807, 2.05) is 11.8 Å². The van der Waals surface area contributed by atoms with E-state index in [1.54, 1.807) is 5.56 Å². The van der Waals surface area contributed by atoms with Gasteiger partial charge in [-0.05, 0) is 82.3 Å². The lowest BCUT2D eigenvalue weighted by Crippen LogP contribution is -2.32. The Morgan fingerprint density at radius 3 is 2.46 bits per heavy atom. The van der Waals surface area contributed by atoms with Crippen molar-refractivity contribution in [3.63, 3.8) is 0 Å². The van der Waals surface area contributed by atoms with Crippen molar-refractivity contribution in [2.75, 3.05) is 0 Å². The van der Waals surface area contributed by atoms with Gasteiger partial charge in [0.15, 0.2) is 6.20 Å². The Morgan fingerprint density at radius 1 is 0.892 bits per heavy atom. The van der Waals surface area contributed by atoms with Crippen LogP contribution in [0.4, 0.5) is 0 Å². The van der Waals surface area contributed by atoms with E-state index in [4.69, 9.17) is 0 Å². The second-order valence-electron chi connectivity index (χ2n) is 11.8. The van der Waals surface area contributed by atoms with Crippen LogP contribution in [0.3, 0.4) is 0 Å². The summed E-state index contributed by atoms with van der Waals surface area (Å²) in [6.07, 6.45) is 10.2. The summed E-state index contributed by atoms with van der Waals surface area (Å²) in [6, 6.07) is 21.3. The number of aromatic nitrogens is 1. The second kappa shape index (κ2) is 8.88. The maximum atomic E-state index is 2.53. The van der Waals surface area contributed by atoms with E-state index in [2.05, 4.69) is 93.2 Å². The lowest BCUT2D eigenvalue weighted by atomic mass is 9.83. The van der Waals surface area contributed by atoms with Gasteiger partial charge in [-0.25, -0.2) is 4.57 Å². The minimum atomic E-state index is 0.608. The van der Waals surface area contributed by atoms with Crippen molar-refractivity contribution < 1.29 is 4.57 Å². The molecule has 1 nitrogen and oxygen atoms in total. The third kappa shape index (κ3) is 3.63. The predicted molar refractivity (Wildman–Crippen MR) is 159 cm³/mol. The molecule has 2 heterocycles. The van der Waals surface area contributed by atoms with Crippen LogP contribution in [0.5, 0.6) is 0 Å². The molecule has 0 atom stereocenters. The predicted octanol–water partition coefficient (Wildman–Crippen LogP) is 9.66. The summed E-state index contributed by atoms with van der Waals surface area (Å²) in [5.74, 6) is 1.33. The standard InChI is InChI=1S/C35H36NS/c1-21(2)18-30-27-13-9-8-12-26(27)22(3)32-34-33-28(16-17-36(34)4)29-19-24(23-10-6-5-7-11-23)14-15-25(29)20-31(33)37-35(30)32/h8-9,12-17,19-21,23H,5-7,10-11,18H2,1-4H3/q+1. The normalized spacial score (nSPS) is 15.7. The molecule has 1 fully saturated rings. The van der Waals surface area contributed by atoms with Crippen LogP contribution in [0.1, 0.15) is 68.6 Å². The molecule has 0 spiro atoms.